The summed E-state index contributed by atoms with van der Waals surface area (Å²) in [5, 5.41) is 8.75. The van der Waals surface area contributed by atoms with E-state index in [1.807, 2.05) is 60.7 Å². The van der Waals surface area contributed by atoms with Crippen molar-refractivity contribution in [1.82, 2.24) is 0 Å². The molecule has 0 radical (unpaired) electrons. The van der Waals surface area contributed by atoms with Crippen LogP contribution in [0.4, 0.5) is 0 Å². The van der Waals surface area contributed by atoms with Gasteiger partial charge in [-0.25, -0.2) is 0 Å². The number of carbonyl (C=O) groups excluding carboxylic acids is 5. The summed E-state index contributed by atoms with van der Waals surface area (Å²) in [6, 6.07) is 18.5. The first-order valence-corrected chi connectivity index (χ1v) is 15.8. The van der Waals surface area contributed by atoms with Gasteiger partial charge in [0.25, 0.3) is 0 Å². The van der Waals surface area contributed by atoms with E-state index in [1.165, 1.54) is 0 Å². The fourth-order valence-corrected chi connectivity index (χ4v) is 4.12. The molecule has 2 aromatic carbocycles. The van der Waals surface area contributed by atoms with Crippen LogP contribution in [0.2, 0.25) is 0 Å². The van der Waals surface area contributed by atoms with Gasteiger partial charge in [-0.1, -0.05) is 60.7 Å². The topological polar surface area (TPSA) is 169 Å². The molecule has 2 rings (SSSR count). The molecular weight excluding hydrogens is 612 g/mol. The Balaban J connectivity index is 1.67. The zero-order chi connectivity index (χ0) is 34.1. The van der Waals surface area contributed by atoms with Crippen LogP contribution in [0.15, 0.2) is 60.7 Å². The fraction of sp³-hybridized carbons (Fsp3) is 0.486. The lowest BCUT2D eigenvalue weighted by Crippen LogP contribution is -2.30. The second-order valence-corrected chi connectivity index (χ2v) is 10.8. The van der Waals surface area contributed by atoms with Gasteiger partial charge in [0.05, 0.1) is 0 Å². The number of benzene rings is 2. The maximum Gasteiger partial charge on any atom is 0.306 e. The molecule has 0 saturated carbocycles. The number of aliphatic carboxylic acids is 1. The van der Waals surface area contributed by atoms with Crippen molar-refractivity contribution in [3.05, 3.63) is 71.8 Å². The van der Waals surface area contributed by atoms with Crippen LogP contribution in [0, 0.1) is 0 Å². The number of unbranched alkanes of at least 4 members (excludes halogenated alkanes) is 3. The number of esters is 5. The summed E-state index contributed by atoms with van der Waals surface area (Å²) < 4.78 is 26.2. The third kappa shape index (κ3) is 20.1. The first-order chi connectivity index (χ1) is 22.7. The summed E-state index contributed by atoms with van der Waals surface area (Å²) >= 11 is 0. The number of ether oxygens (including phenoxy) is 5. The lowest BCUT2D eigenvalue weighted by molar-refractivity contribution is -0.167. The lowest BCUT2D eigenvalue weighted by atomic mass is 10.2. The van der Waals surface area contributed by atoms with E-state index in [4.69, 9.17) is 28.8 Å². The highest BCUT2D eigenvalue weighted by Gasteiger charge is 2.20. The zero-order valence-corrected chi connectivity index (χ0v) is 26.6. The summed E-state index contributed by atoms with van der Waals surface area (Å²) in [6.45, 7) is -0.343. The van der Waals surface area contributed by atoms with Crippen LogP contribution in [-0.2, 0) is 65.7 Å². The second-order valence-electron chi connectivity index (χ2n) is 10.8. The van der Waals surface area contributed by atoms with Crippen molar-refractivity contribution in [2.45, 2.75) is 96.4 Å². The van der Waals surface area contributed by atoms with E-state index in [0.29, 0.717) is 38.5 Å². The molecule has 0 atom stereocenters. The van der Waals surface area contributed by atoms with Gasteiger partial charge in [-0.05, 0) is 49.7 Å². The van der Waals surface area contributed by atoms with E-state index in [2.05, 4.69) is 0 Å². The molecule has 0 fully saturated rings. The summed E-state index contributed by atoms with van der Waals surface area (Å²) in [4.78, 5) is 71.4. The minimum Gasteiger partial charge on any atom is -0.481 e. The molecule has 1 N–H and O–H groups in total. The molecule has 12 heteroatoms. The number of carboxylic acids is 1. The van der Waals surface area contributed by atoms with Crippen molar-refractivity contribution in [3.63, 3.8) is 0 Å². The van der Waals surface area contributed by atoms with Crippen LogP contribution in [0.3, 0.4) is 0 Å². The Kier molecular flexibility index (Phi) is 19.3. The van der Waals surface area contributed by atoms with E-state index in [-0.39, 0.29) is 76.9 Å². The zero-order valence-electron chi connectivity index (χ0n) is 26.6. The van der Waals surface area contributed by atoms with Gasteiger partial charge < -0.3 is 28.8 Å². The average Bonchev–Trinajstić information content (AvgIpc) is 3.07. The van der Waals surface area contributed by atoms with Crippen LogP contribution in [-0.4, -0.2) is 60.2 Å². The van der Waals surface area contributed by atoms with E-state index < -0.39 is 30.0 Å². The van der Waals surface area contributed by atoms with Crippen LogP contribution in [0.1, 0.15) is 88.2 Å². The van der Waals surface area contributed by atoms with Gasteiger partial charge in [0.2, 0.25) is 0 Å². The lowest BCUT2D eigenvalue weighted by Gasteiger charge is -2.18. The number of rotatable bonds is 24. The molecule has 0 aliphatic carbocycles. The van der Waals surface area contributed by atoms with E-state index in [9.17, 15) is 28.8 Å². The van der Waals surface area contributed by atoms with Gasteiger partial charge in [-0.3, -0.25) is 28.8 Å². The molecule has 2 aromatic rings. The first-order valence-electron chi connectivity index (χ1n) is 15.8. The standard InChI is InChI=1S/C35H44O12/c36-30(37)17-7-8-22-35(42)47-29(25-45-33(40)20-11-9-18-31(38)43-23-27-13-3-1-4-14-27)26-46-34(41)21-12-10-19-32(39)44-24-28-15-5-2-6-16-28/h1-6,13-16,29H,7-12,17-26H2,(H,36,37). The Morgan fingerprint density at radius 1 is 0.468 bits per heavy atom. The van der Waals surface area contributed by atoms with E-state index in [0.717, 1.165) is 11.1 Å². The predicted octanol–water partition coefficient (Wildman–Crippen LogP) is 5.24. The molecule has 0 aromatic heterocycles. The molecule has 0 heterocycles. The minimum absolute atomic E-state index is 0.0232. The van der Waals surface area contributed by atoms with Gasteiger partial charge >= 0.3 is 35.8 Å². The molecule has 0 amide bonds. The quantitative estimate of drug-likeness (QED) is 0.0888. The highest BCUT2D eigenvalue weighted by atomic mass is 16.6. The maximum atomic E-state index is 12.3. The summed E-state index contributed by atoms with van der Waals surface area (Å²) in [5.74, 6) is -3.50. The Labute approximate surface area is 274 Å². The Bertz CT molecular complexity index is 1170. The molecule has 0 unspecified atom stereocenters. The molecule has 0 bridgehead atoms. The maximum absolute atomic E-state index is 12.3. The third-order valence-corrected chi connectivity index (χ3v) is 6.69. The van der Waals surface area contributed by atoms with Gasteiger partial charge in [-0.15, -0.1) is 0 Å². The van der Waals surface area contributed by atoms with Crippen molar-refractivity contribution in [3.8, 4) is 0 Å². The van der Waals surface area contributed by atoms with Gasteiger partial charge in [0.1, 0.15) is 26.4 Å². The highest BCUT2D eigenvalue weighted by Crippen LogP contribution is 2.10. The summed E-state index contributed by atoms with van der Waals surface area (Å²) in [6.07, 6.45) is 1.32. The average molecular weight is 657 g/mol. The van der Waals surface area contributed by atoms with Crippen LogP contribution < -0.4 is 0 Å². The highest BCUT2D eigenvalue weighted by molar-refractivity contribution is 5.72. The Morgan fingerprint density at radius 3 is 1.19 bits per heavy atom. The van der Waals surface area contributed by atoms with Gasteiger partial charge in [0, 0.05) is 38.5 Å². The number of carboxylic acid groups (broad SMARTS) is 1. The van der Waals surface area contributed by atoms with Crippen LogP contribution in [0.25, 0.3) is 0 Å². The number of hydrogen-bond donors (Lipinski definition) is 1. The van der Waals surface area contributed by atoms with Crippen molar-refractivity contribution in [2.75, 3.05) is 13.2 Å². The summed E-state index contributed by atoms with van der Waals surface area (Å²) in [5.41, 5.74) is 1.75. The largest absolute Gasteiger partial charge is 0.481 e. The predicted molar refractivity (Wildman–Crippen MR) is 167 cm³/mol. The summed E-state index contributed by atoms with van der Waals surface area (Å²) in [7, 11) is 0. The van der Waals surface area contributed by atoms with Gasteiger partial charge in [-0.2, -0.15) is 0 Å². The van der Waals surface area contributed by atoms with Crippen molar-refractivity contribution in [2.24, 2.45) is 0 Å². The smallest absolute Gasteiger partial charge is 0.306 e. The molecule has 0 saturated heterocycles. The number of hydrogen-bond acceptors (Lipinski definition) is 11. The molecule has 12 nitrogen and oxygen atoms in total. The molecule has 0 aliphatic rings. The molecule has 0 spiro atoms. The normalized spacial score (nSPS) is 10.6. The van der Waals surface area contributed by atoms with Crippen LogP contribution in [0.5, 0.6) is 0 Å². The molecule has 47 heavy (non-hydrogen) atoms. The van der Waals surface area contributed by atoms with Crippen LogP contribution >= 0.6 is 0 Å². The van der Waals surface area contributed by atoms with E-state index >= 15 is 0 Å². The first kappa shape index (κ1) is 38.4. The Hall–Kier alpha value is -4.74. The Morgan fingerprint density at radius 2 is 0.809 bits per heavy atom. The van der Waals surface area contributed by atoms with Crippen molar-refractivity contribution in [1.29, 1.82) is 0 Å². The number of carbonyl (C=O) groups is 6. The SMILES string of the molecule is O=C(O)CCCCC(=O)OC(COC(=O)CCCCC(=O)OCc1ccccc1)COC(=O)CCCCC(=O)OCc1ccccc1. The monoisotopic (exact) mass is 656 g/mol. The third-order valence-electron chi connectivity index (χ3n) is 6.69. The minimum atomic E-state index is -1.06. The molecular formula is C35H44O12. The second kappa shape index (κ2) is 23.6. The molecule has 0 aliphatic heterocycles. The van der Waals surface area contributed by atoms with Gasteiger partial charge in [0.15, 0.2) is 6.10 Å². The fourth-order valence-electron chi connectivity index (χ4n) is 4.12. The van der Waals surface area contributed by atoms with E-state index in [1.54, 1.807) is 0 Å². The van der Waals surface area contributed by atoms with Crippen molar-refractivity contribution >= 4 is 35.8 Å². The van der Waals surface area contributed by atoms with Crippen molar-refractivity contribution < 1.29 is 57.6 Å². The molecule has 256 valence electrons.